The number of likely N-dealkylation sites (tertiary alicyclic amines) is 1. The van der Waals surface area contributed by atoms with E-state index in [1.54, 1.807) is 12.4 Å². The van der Waals surface area contributed by atoms with E-state index in [2.05, 4.69) is 31.2 Å². The molecular formula is C24H25N5O2. The van der Waals surface area contributed by atoms with Crippen LogP contribution < -0.4 is 5.32 Å². The van der Waals surface area contributed by atoms with Gasteiger partial charge in [-0.15, -0.1) is 0 Å². The zero-order valence-electron chi connectivity index (χ0n) is 17.2. The van der Waals surface area contributed by atoms with E-state index in [1.807, 2.05) is 6.07 Å². The average Bonchev–Trinajstić information content (AvgIpc) is 3.40. The molecule has 0 amide bonds. The summed E-state index contributed by atoms with van der Waals surface area (Å²) in [5.41, 5.74) is 5.65. The Kier molecular flexibility index (Phi) is 2.86. The number of benzene rings is 1. The topological polar surface area (TPSA) is 97.3 Å². The summed E-state index contributed by atoms with van der Waals surface area (Å²) in [6.45, 7) is 2.07. The van der Waals surface area contributed by atoms with Crippen molar-refractivity contribution in [3.63, 3.8) is 0 Å². The Morgan fingerprint density at radius 1 is 1.19 bits per heavy atom. The quantitative estimate of drug-likeness (QED) is 0.480. The second-order valence-corrected chi connectivity index (χ2v) is 10.3. The number of phenolic OH excluding ortho intramolecular Hbond substituents is 1. The van der Waals surface area contributed by atoms with Crippen LogP contribution in [-0.2, 0) is 18.3 Å². The summed E-state index contributed by atoms with van der Waals surface area (Å²) in [6, 6.07) is 3.85. The molecule has 4 heterocycles. The molecule has 4 atom stereocenters. The van der Waals surface area contributed by atoms with Crippen LogP contribution in [0.5, 0.6) is 5.75 Å². The fourth-order valence-electron chi connectivity index (χ4n) is 7.53. The average molecular weight is 415 g/mol. The number of anilines is 1. The van der Waals surface area contributed by atoms with Crippen molar-refractivity contribution >= 4 is 16.9 Å². The number of aliphatic hydroxyl groups is 1. The molecule has 1 unspecified atom stereocenters. The van der Waals surface area contributed by atoms with E-state index in [-0.39, 0.29) is 17.8 Å². The van der Waals surface area contributed by atoms with Crippen molar-refractivity contribution in [1.82, 2.24) is 19.9 Å². The van der Waals surface area contributed by atoms with Crippen LogP contribution in [0, 0.1) is 5.92 Å². The maximum absolute atomic E-state index is 12.7. The van der Waals surface area contributed by atoms with Crippen LogP contribution >= 0.6 is 0 Å². The monoisotopic (exact) mass is 415 g/mol. The minimum Gasteiger partial charge on any atom is -0.506 e. The lowest BCUT2D eigenvalue weighted by atomic mass is 9.49. The highest BCUT2D eigenvalue weighted by Gasteiger charge is 2.71. The summed E-state index contributed by atoms with van der Waals surface area (Å²) in [7, 11) is 0. The lowest BCUT2D eigenvalue weighted by molar-refractivity contribution is -0.155. The maximum atomic E-state index is 12.7. The van der Waals surface area contributed by atoms with E-state index < -0.39 is 11.0 Å². The number of hydrogen-bond donors (Lipinski definition) is 4. The molecule has 31 heavy (non-hydrogen) atoms. The van der Waals surface area contributed by atoms with Gasteiger partial charge in [0.05, 0.1) is 22.7 Å². The Balaban J connectivity index is 1.43. The molecule has 8 rings (SSSR count). The summed E-state index contributed by atoms with van der Waals surface area (Å²) in [4.78, 5) is 15.2. The van der Waals surface area contributed by atoms with Crippen LogP contribution in [-0.4, -0.2) is 54.8 Å². The highest BCUT2D eigenvalue weighted by atomic mass is 16.3. The van der Waals surface area contributed by atoms with E-state index in [1.165, 1.54) is 18.4 Å². The minimum atomic E-state index is -0.913. The lowest BCUT2D eigenvalue weighted by Crippen LogP contribution is -2.74. The molecule has 7 nitrogen and oxygen atoms in total. The van der Waals surface area contributed by atoms with E-state index in [4.69, 9.17) is 0 Å². The van der Waals surface area contributed by atoms with E-state index in [0.717, 1.165) is 65.5 Å². The van der Waals surface area contributed by atoms with Gasteiger partial charge in [-0.3, -0.25) is 9.88 Å². The van der Waals surface area contributed by atoms with Gasteiger partial charge in [0.1, 0.15) is 11.3 Å². The summed E-state index contributed by atoms with van der Waals surface area (Å²) in [5.74, 6) is 1.06. The van der Waals surface area contributed by atoms with Crippen molar-refractivity contribution in [2.24, 2.45) is 5.92 Å². The lowest BCUT2D eigenvalue weighted by Gasteiger charge is -2.63. The van der Waals surface area contributed by atoms with Crippen LogP contribution in [0.1, 0.15) is 47.7 Å². The largest absolute Gasteiger partial charge is 0.506 e. The summed E-state index contributed by atoms with van der Waals surface area (Å²) in [5, 5.41) is 27.1. The maximum Gasteiger partial charge on any atom is 0.156 e. The Hall–Kier alpha value is -2.64. The molecule has 2 bridgehead atoms. The predicted molar refractivity (Wildman–Crippen MR) is 115 cm³/mol. The third-order valence-electron chi connectivity index (χ3n) is 8.96. The number of rotatable bonds is 2. The van der Waals surface area contributed by atoms with Gasteiger partial charge in [-0.05, 0) is 55.3 Å². The number of piperidine rings is 1. The molecule has 1 saturated heterocycles. The zero-order valence-corrected chi connectivity index (χ0v) is 17.2. The van der Waals surface area contributed by atoms with Gasteiger partial charge in [0.15, 0.2) is 5.65 Å². The Labute approximate surface area is 179 Å². The SMILES string of the molecule is Oc1ccc2c3c1N[C@H]1c4[nH]c5nccnc5c4C[C@@]4(O)C(C2)N(CC2CC2)CC[C@]314. The molecule has 1 spiro atoms. The van der Waals surface area contributed by atoms with E-state index in [9.17, 15) is 10.2 Å². The first kappa shape index (κ1) is 17.0. The van der Waals surface area contributed by atoms with Gasteiger partial charge in [0.2, 0.25) is 0 Å². The van der Waals surface area contributed by atoms with Crippen LogP contribution in [0.25, 0.3) is 11.2 Å². The van der Waals surface area contributed by atoms with E-state index >= 15 is 0 Å². The normalized spacial score (nSPS) is 35.0. The third kappa shape index (κ3) is 1.82. The van der Waals surface area contributed by atoms with Crippen molar-refractivity contribution in [2.75, 3.05) is 18.4 Å². The number of fused-ring (bicyclic) bond motifs is 4. The van der Waals surface area contributed by atoms with Crippen molar-refractivity contribution in [3.05, 3.63) is 46.9 Å². The number of hydrogen-bond acceptors (Lipinski definition) is 6. The standard InChI is InChI=1S/C24H25N5O2/c30-15-4-3-13-9-16-24(31)10-14-18(28-22-19(14)25-6-7-26-22)21-23(24,17(13)20(15)27-21)5-8-29(16)11-12-1-2-12/h3-4,6-7,12,16,21,27,30-31H,1-2,5,8-11H2,(H,26,28)/t16?,21-,23-,24+/m0/s1. The van der Waals surface area contributed by atoms with Gasteiger partial charge in [0.25, 0.3) is 0 Å². The molecule has 4 N–H and O–H groups in total. The number of nitrogens with one attached hydrogen (secondary N) is 2. The number of phenols is 1. The first-order valence-electron chi connectivity index (χ1n) is 11.5. The van der Waals surface area contributed by atoms with Gasteiger partial charge in [-0.2, -0.15) is 0 Å². The molecule has 158 valence electrons. The Morgan fingerprint density at radius 3 is 2.94 bits per heavy atom. The zero-order chi connectivity index (χ0) is 20.5. The van der Waals surface area contributed by atoms with Crippen LogP contribution in [0.15, 0.2) is 24.5 Å². The number of aromatic amines is 1. The van der Waals surface area contributed by atoms with Crippen molar-refractivity contribution in [2.45, 2.75) is 55.2 Å². The van der Waals surface area contributed by atoms with Crippen molar-refractivity contribution < 1.29 is 10.2 Å². The number of H-pyrrole nitrogens is 1. The fourth-order valence-corrected chi connectivity index (χ4v) is 7.53. The molecule has 3 aliphatic carbocycles. The summed E-state index contributed by atoms with van der Waals surface area (Å²) in [6.07, 6.45) is 8.34. The highest BCUT2D eigenvalue weighted by molar-refractivity contribution is 5.82. The molecule has 1 aromatic carbocycles. The van der Waals surface area contributed by atoms with Crippen LogP contribution in [0.4, 0.5) is 5.69 Å². The molecule has 2 fully saturated rings. The minimum absolute atomic E-state index is 0.0731. The molecule has 0 radical (unpaired) electrons. The predicted octanol–water partition coefficient (Wildman–Crippen LogP) is 2.40. The molecule has 2 aromatic heterocycles. The van der Waals surface area contributed by atoms with Crippen molar-refractivity contribution in [3.8, 4) is 5.75 Å². The van der Waals surface area contributed by atoms with Crippen LogP contribution in [0.3, 0.4) is 0 Å². The van der Waals surface area contributed by atoms with E-state index in [0.29, 0.717) is 6.42 Å². The van der Waals surface area contributed by atoms with Gasteiger partial charge in [-0.1, -0.05) is 6.07 Å². The van der Waals surface area contributed by atoms with Gasteiger partial charge < -0.3 is 20.5 Å². The second-order valence-electron chi connectivity index (χ2n) is 10.3. The van der Waals surface area contributed by atoms with Gasteiger partial charge >= 0.3 is 0 Å². The molecule has 3 aromatic rings. The first-order chi connectivity index (χ1) is 15.1. The smallest absolute Gasteiger partial charge is 0.156 e. The second kappa shape index (κ2) is 5.22. The Morgan fingerprint density at radius 2 is 2.06 bits per heavy atom. The summed E-state index contributed by atoms with van der Waals surface area (Å²) < 4.78 is 0. The van der Waals surface area contributed by atoms with Gasteiger partial charge in [0, 0.05) is 42.7 Å². The van der Waals surface area contributed by atoms with Crippen LogP contribution in [0.2, 0.25) is 0 Å². The van der Waals surface area contributed by atoms with Crippen molar-refractivity contribution in [1.29, 1.82) is 0 Å². The molecule has 1 saturated carbocycles. The molecular weight excluding hydrogens is 390 g/mol. The molecule has 2 aliphatic heterocycles. The Bertz CT molecular complexity index is 1280. The van der Waals surface area contributed by atoms with Gasteiger partial charge in [-0.25, -0.2) is 4.98 Å². The fraction of sp³-hybridized carbons (Fsp3) is 0.500. The third-order valence-corrected chi connectivity index (χ3v) is 8.96. The molecule has 5 aliphatic rings. The first-order valence-corrected chi connectivity index (χ1v) is 11.5. The number of nitrogens with zero attached hydrogens (tertiary/aromatic N) is 3. The molecule has 7 heteroatoms. The highest BCUT2D eigenvalue weighted by Crippen LogP contribution is 2.68. The number of aromatic nitrogens is 3. The summed E-state index contributed by atoms with van der Waals surface area (Å²) >= 11 is 0. The number of aromatic hydroxyl groups is 1.